The van der Waals surface area contributed by atoms with Gasteiger partial charge in [-0.1, -0.05) is 24.3 Å². The van der Waals surface area contributed by atoms with Crippen molar-refractivity contribution in [2.75, 3.05) is 13.7 Å². The molecule has 0 saturated carbocycles. The zero-order valence-corrected chi connectivity index (χ0v) is 15.3. The number of carbonyl (C=O) groups is 2. The first-order chi connectivity index (χ1) is 13.0. The predicted octanol–water partition coefficient (Wildman–Crippen LogP) is 3.15. The lowest BCUT2D eigenvalue weighted by Crippen LogP contribution is -2.28. The summed E-state index contributed by atoms with van der Waals surface area (Å²) in [5.41, 5.74) is 3.49. The zero-order valence-electron chi connectivity index (χ0n) is 15.3. The van der Waals surface area contributed by atoms with Gasteiger partial charge in [-0.3, -0.25) is 9.59 Å². The van der Waals surface area contributed by atoms with Gasteiger partial charge in [-0.2, -0.15) is 0 Å². The highest BCUT2D eigenvalue weighted by Gasteiger charge is 2.13. The fourth-order valence-corrected chi connectivity index (χ4v) is 2.67. The topological polar surface area (TPSA) is 77.8 Å². The molecule has 0 fully saturated rings. The Morgan fingerprint density at radius 2 is 1.89 bits per heavy atom. The SMILES string of the molecule is COc1ccc(CNC(=O)COC(=O)Cc2coc3cc(C)ccc23)cc1. The average molecular weight is 367 g/mol. The van der Waals surface area contributed by atoms with E-state index >= 15 is 0 Å². The summed E-state index contributed by atoms with van der Waals surface area (Å²) in [6, 6.07) is 13.1. The molecule has 0 unspecified atom stereocenters. The Labute approximate surface area is 157 Å². The number of hydrogen-bond acceptors (Lipinski definition) is 5. The number of ether oxygens (including phenoxy) is 2. The number of rotatable bonds is 7. The maximum atomic E-state index is 12.0. The highest BCUT2D eigenvalue weighted by Crippen LogP contribution is 2.22. The van der Waals surface area contributed by atoms with Crippen molar-refractivity contribution in [2.24, 2.45) is 0 Å². The molecule has 0 aliphatic carbocycles. The molecule has 1 heterocycles. The normalized spacial score (nSPS) is 10.6. The number of esters is 1. The first kappa shape index (κ1) is 18.5. The molecule has 27 heavy (non-hydrogen) atoms. The van der Waals surface area contributed by atoms with Gasteiger partial charge in [-0.05, 0) is 36.2 Å². The van der Waals surface area contributed by atoms with Crippen molar-refractivity contribution < 1.29 is 23.5 Å². The van der Waals surface area contributed by atoms with Crippen LogP contribution in [0.1, 0.15) is 16.7 Å². The Balaban J connectivity index is 1.45. The van der Waals surface area contributed by atoms with Crippen molar-refractivity contribution >= 4 is 22.8 Å². The molecule has 6 nitrogen and oxygen atoms in total. The van der Waals surface area contributed by atoms with Crippen molar-refractivity contribution in [1.82, 2.24) is 5.32 Å². The van der Waals surface area contributed by atoms with E-state index in [1.807, 2.05) is 49.4 Å². The first-order valence-corrected chi connectivity index (χ1v) is 8.57. The summed E-state index contributed by atoms with van der Waals surface area (Å²) in [6.45, 7) is 2.01. The van der Waals surface area contributed by atoms with Crippen LogP contribution in [-0.4, -0.2) is 25.6 Å². The molecule has 0 aliphatic rings. The van der Waals surface area contributed by atoms with Gasteiger partial charge in [-0.15, -0.1) is 0 Å². The van der Waals surface area contributed by atoms with E-state index in [1.165, 1.54) is 0 Å². The summed E-state index contributed by atoms with van der Waals surface area (Å²) in [7, 11) is 1.60. The third kappa shape index (κ3) is 4.88. The first-order valence-electron chi connectivity index (χ1n) is 8.57. The number of amides is 1. The molecule has 1 amide bonds. The number of nitrogens with one attached hydrogen (secondary N) is 1. The second-order valence-electron chi connectivity index (χ2n) is 6.22. The van der Waals surface area contributed by atoms with Crippen LogP contribution in [0.5, 0.6) is 5.75 Å². The monoisotopic (exact) mass is 367 g/mol. The van der Waals surface area contributed by atoms with Crippen LogP contribution < -0.4 is 10.1 Å². The van der Waals surface area contributed by atoms with E-state index in [0.717, 1.165) is 33.4 Å². The van der Waals surface area contributed by atoms with Gasteiger partial charge in [0.05, 0.1) is 19.8 Å². The minimum absolute atomic E-state index is 0.0574. The van der Waals surface area contributed by atoms with Gasteiger partial charge in [0.25, 0.3) is 5.91 Å². The summed E-state index contributed by atoms with van der Waals surface area (Å²) in [5, 5.41) is 3.59. The smallest absolute Gasteiger partial charge is 0.310 e. The molecule has 0 atom stereocenters. The largest absolute Gasteiger partial charge is 0.497 e. The molecule has 140 valence electrons. The van der Waals surface area contributed by atoms with Crippen LogP contribution in [0.3, 0.4) is 0 Å². The molecular weight excluding hydrogens is 346 g/mol. The fourth-order valence-electron chi connectivity index (χ4n) is 2.67. The molecule has 0 saturated heterocycles. The Morgan fingerprint density at radius 1 is 1.11 bits per heavy atom. The molecule has 0 radical (unpaired) electrons. The van der Waals surface area contributed by atoms with Crippen molar-refractivity contribution in [1.29, 1.82) is 0 Å². The fraction of sp³-hybridized carbons (Fsp3) is 0.238. The molecule has 3 rings (SSSR count). The maximum Gasteiger partial charge on any atom is 0.310 e. The van der Waals surface area contributed by atoms with E-state index in [-0.39, 0.29) is 18.9 Å². The second-order valence-corrected chi connectivity index (χ2v) is 6.22. The van der Waals surface area contributed by atoms with Gasteiger partial charge in [-0.25, -0.2) is 0 Å². The number of fused-ring (bicyclic) bond motifs is 1. The van der Waals surface area contributed by atoms with Gasteiger partial charge >= 0.3 is 5.97 Å². The number of carbonyl (C=O) groups excluding carboxylic acids is 2. The van der Waals surface area contributed by atoms with Gasteiger partial charge in [0.1, 0.15) is 11.3 Å². The van der Waals surface area contributed by atoms with Gasteiger partial charge < -0.3 is 19.2 Å². The molecular formula is C21H21NO5. The number of furan rings is 1. The highest BCUT2D eigenvalue weighted by molar-refractivity contribution is 5.87. The van der Waals surface area contributed by atoms with E-state index in [9.17, 15) is 9.59 Å². The Kier molecular flexibility index (Phi) is 5.76. The molecule has 0 spiro atoms. The Bertz CT molecular complexity index is 943. The molecule has 0 aliphatic heterocycles. The molecule has 3 aromatic rings. The molecule has 0 bridgehead atoms. The van der Waals surface area contributed by atoms with E-state index in [4.69, 9.17) is 13.9 Å². The van der Waals surface area contributed by atoms with E-state index in [2.05, 4.69) is 5.32 Å². The number of aryl methyl sites for hydroxylation is 1. The summed E-state index contributed by atoms with van der Waals surface area (Å²) in [4.78, 5) is 23.9. The lowest BCUT2D eigenvalue weighted by atomic mass is 10.1. The number of benzene rings is 2. The van der Waals surface area contributed by atoms with Gasteiger partial charge in [0.15, 0.2) is 6.61 Å². The van der Waals surface area contributed by atoms with Crippen molar-refractivity contribution in [2.45, 2.75) is 19.9 Å². The van der Waals surface area contributed by atoms with Crippen LogP contribution in [0.25, 0.3) is 11.0 Å². The highest BCUT2D eigenvalue weighted by atomic mass is 16.5. The number of hydrogen-bond donors (Lipinski definition) is 1. The lowest BCUT2D eigenvalue weighted by molar-refractivity contribution is -0.147. The van der Waals surface area contributed by atoms with Crippen molar-refractivity contribution in [3.05, 3.63) is 65.4 Å². The van der Waals surface area contributed by atoms with Gasteiger partial charge in [0, 0.05) is 17.5 Å². The number of methoxy groups -OCH3 is 1. The van der Waals surface area contributed by atoms with Crippen LogP contribution in [0.15, 0.2) is 53.1 Å². The van der Waals surface area contributed by atoms with Gasteiger partial charge in [0.2, 0.25) is 0 Å². The van der Waals surface area contributed by atoms with Crippen LogP contribution >= 0.6 is 0 Å². The average Bonchev–Trinajstić information content (AvgIpc) is 3.06. The summed E-state index contributed by atoms with van der Waals surface area (Å²) < 4.78 is 15.6. The van der Waals surface area contributed by atoms with E-state index < -0.39 is 5.97 Å². The van der Waals surface area contributed by atoms with E-state index in [1.54, 1.807) is 13.4 Å². The summed E-state index contributed by atoms with van der Waals surface area (Å²) in [6.07, 6.45) is 1.61. The molecule has 1 N–H and O–H groups in total. The second kappa shape index (κ2) is 8.40. The van der Waals surface area contributed by atoms with Crippen LogP contribution in [-0.2, 0) is 27.3 Å². The van der Waals surface area contributed by atoms with Crippen LogP contribution in [0.4, 0.5) is 0 Å². The Morgan fingerprint density at radius 3 is 2.63 bits per heavy atom. The molecule has 6 heteroatoms. The minimum Gasteiger partial charge on any atom is -0.497 e. The standard InChI is InChI=1S/C21H21NO5/c1-14-3-8-18-16(12-26-19(18)9-14)10-21(24)27-13-20(23)22-11-15-4-6-17(25-2)7-5-15/h3-9,12H,10-11,13H2,1-2H3,(H,22,23). The van der Waals surface area contributed by atoms with Crippen LogP contribution in [0, 0.1) is 6.92 Å². The van der Waals surface area contributed by atoms with Crippen molar-refractivity contribution in [3.8, 4) is 5.75 Å². The predicted molar refractivity (Wildman–Crippen MR) is 100 cm³/mol. The molecule has 1 aromatic heterocycles. The third-order valence-corrected chi connectivity index (χ3v) is 4.16. The molecule has 2 aromatic carbocycles. The minimum atomic E-state index is -0.474. The summed E-state index contributed by atoms with van der Waals surface area (Å²) in [5.74, 6) is -0.0781. The van der Waals surface area contributed by atoms with Crippen molar-refractivity contribution in [3.63, 3.8) is 0 Å². The van der Waals surface area contributed by atoms with Crippen LogP contribution in [0.2, 0.25) is 0 Å². The maximum absolute atomic E-state index is 12.0. The zero-order chi connectivity index (χ0) is 19.2. The Hall–Kier alpha value is -3.28. The summed E-state index contributed by atoms with van der Waals surface area (Å²) >= 11 is 0. The quantitative estimate of drug-likeness (QED) is 0.649. The van der Waals surface area contributed by atoms with E-state index in [0.29, 0.717) is 6.54 Å². The lowest BCUT2D eigenvalue weighted by Gasteiger charge is -2.07. The third-order valence-electron chi connectivity index (χ3n) is 4.16.